The van der Waals surface area contributed by atoms with Gasteiger partial charge < -0.3 is 20.7 Å². The number of carbonyl (C=O) groups is 2. The van der Waals surface area contributed by atoms with Crippen molar-refractivity contribution in [3.63, 3.8) is 0 Å². The van der Waals surface area contributed by atoms with Crippen molar-refractivity contribution in [3.05, 3.63) is 29.3 Å². The van der Waals surface area contributed by atoms with Crippen molar-refractivity contribution in [3.8, 4) is 5.75 Å². The van der Waals surface area contributed by atoms with Crippen LogP contribution in [0.25, 0.3) is 0 Å². The molecule has 3 N–H and O–H groups in total. The molecular weight excluding hydrogens is 356 g/mol. The molecule has 1 saturated heterocycles. The Hall–Kier alpha value is -1.99. The average molecular weight is 383 g/mol. The number of piperazine rings is 1. The molecule has 3 amide bonds. The smallest absolute Gasteiger partial charge is 0.312 e. The molecule has 8 heteroatoms. The van der Waals surface area contributed by atoms with Crippen molar-refractivity contribution in [1.29, 1.82) is 0 Å². The molecule has 1 aromatic carbocycles. The lowest BCUT2D eigenvalue weighted by molar-refractivity contribution is -0.136. The maximum atomic E-state index is 12.6. The summed E-state index contributed by atoms with van der Waals surface area (Å²) < 4.78 is 5.71. The first-order valence-corrected chi connectivity index (χ1v) is 9.20. The predicted molar refractivity (Wildman–Crippen MR) is 101 cm³/mol. The molecule has 144 valence electrons. The number of hydrogen-bond acceptors (Lipinski definition) is 4. The van der Waals surface area contributed by atoms with Crippen LogP contribution >= 0.6 is 11.6 Å². The van der Waals surface area contributed by atoms with Gasteiger partial charge >= 0.3 is 6.03 Å². The van der Waals surface area contributed by atoms with E-state index in [0.717, 1.165) is 25.4 Å². The maximum Gasteiger partial charge on any atom is 0.312 e. The fourth-order valence-electron chi connectivity index (χ4n) is 2.88. The molecule has 0 spiro atoms. The number of benzene rings is 1. The van der Waals surface area contributed by atoms with Gasteiger partial charge in [-0.1, -0.05) is 25.4 Å². The monoisotopic (exact) mass is 382 g/mol. The summed E-state index contributed by atoms with van der Waals surface area (Å²) >= 11 is 5.85. The number of nitrogens with zero attached hydrogens (tertiary/aromatic N) is 2. The van der Waals surface area contributed by atoms with E-state index < -0.39 is 12.1 Å². The molecule has 0 saturated carbocycles. The topological polar surface area (TPSA) is 87.9 Å². The third-order valence-electron chi connectivity index (χ3n) is 4.40. The van der Waals surface area contributed by atoms with Gasteiger partial charge in [0.15, 0.2) is 0 Å². The molecule has 1 aromatic rings. The molecule has 26 heavy (non-hydrogen) atoms. The molecule has 1 atom stereocenters. The zero-order valence-corrected chi connectivity index (χ0v) is 16.0. The van der Waals surface area contributed by atoms with E-state index in [1.165, 1.54) is 0 Å². The van der Waals surface area contributed by atoms with Gasteiger partial charge in [0.2, 0.25) is 5.91 Å². The number of urea groups is 1. The van der Waals surface area contributed by atoms with E-state index in [2.05, 4.69) is 10.2 Å². The lowest BCUT2D eigenvalue weighted by Gasteiger charge is -2.37. The second kappa shape index (κ2) is 9.64. The number of halogens is 1. The summed E-state index contributed by atoms with van der Waals surface area (Å²) in [5.41, 5.74) is 5.18. The summed E-state index contributed by atoms with van der Waals surface area (Å²) in [4.78, 5) is 27.8. The molecule has 0 radical (unpaired) electrons. The minimum Gasteiger partial charge on any atom is -0.492 e. The van der Waals surface area contributed by atoms with Gasteiger partial charge in [-0.15, -0.1) is 0 Å². The summed E-state index contributed by atoms with van der Waals surface area (Å²) in [6, 6.07) is 6.04. The highest BCUT2D eigenvalue weighted by atomic mass is 35.5. The summed E-state index contributed by atoms with van der Waals surface area (Å²) in [6.45, 7) is 7.96. The normalized spacial score (nSPS) is 16.4. The van der Waals surface area contributed by atoms with Gasteiger partial charge in [0.1, 0.15) is 18.4 Å². The van der Waals surface area contributed by atoms with E-state index in [1.807, 2.05) is 26.0 Å². The Kier molecular flexibility index (Phi) is 7.53. The summed E-state index contributed by atoms with van der Waals surface area (Å²) in [7, 11) is 0. The number of nitrogens with one attached hydrogen (secondary N) is 1. The number of rotatable bonds is 7. The Morgan fingerprint density at radius 2 is 1.81 bits per heavy atom. The second-order valence-corrected chi connectivity index (χ2v) is 7.14. The first-order valence-electron chi connectivity index (χ1n) is 8.82. The highest BCUT2D eigenvalue weighted by molar-refractivity contribution is 6.30. The Labute approximate surface area is 159 Å². The van der Waals surface area contributed by atoms with Crippen LogP contribution in [0.2, 0.25) is 5.02 Å². The standard InChI is InChI=1S/C18H27ClN4O3/c1-13(2)16(21-18(20)25)17(24)23-9-7-22(8-10-23)11-12-26-15-5-3-14(19)4-6-15/h3-6,13,16H,7-12H2,1-2H3,(H3,20,21,25)/t16-/m0/s1. The SMILES string of the molecule is CC(C)[C@H](NC(N)=O)C(=O)N1CCN(CCOc2ccc(Cl)cc2)CC1. The third kappa shape index (κ3) is 6.07. The molecule has 1 heterocycles. The van der Waals surface area contributed by atoms with Crippen LogP contribution in [-0.4, -0.2) is 67.1 Å². The zero-order chi connectivity index (χ0) is 19.1. The van der Waals surface area contributed by atoms with Crippen molar-refractivity contribution >= 4 is 23.5 Å². The van der Waals surface area contributed by atoms with Gasteiger partial charge in [0.25, 0.3) is 0 Å². The molecule has 1 fully saturated rings. The highest BCUT2D eigenvalue weighted by Gasteiger charge is 2.30. The van der Waals surface area contributed by atoms with Gasteiger partial charge in [0, 0.05) is 37.7 Å². The Morgan fingerprint density at radius 1 is 1.19 bits per heavy atom. The Balaban J connectivity index is 1.74. The summed E-state index contributed by atoms with van der Waals surface area (Å²) in [5.74, 6) is 0.706. The van der Waals surface area contributed by atoms with E-state index in [9.17, 15) is 9.59 Å². The third-order valence-corrected chi connectivity index (χ3v) is 4.66. The van der Waals surface area contributed by atoms with E-state index in [0.29, 0.717) is 24.7 Å². The second-order valence-electron chi connectivity index (χ2n) is 6.70. The van der Waals surface area contributed by atoms with Crippen molar-refractivity contribution in [1.82, 2.24) is 15.1 Å². The van der Waals surface area contributed by atoms with E-state index >= 15 is 0 Å². The van der Waals surface area contributed by atoms with Crippen LogP contribution in [-0.2, 0) is 4.79 Å². The first kappa shape index (κ1) is 20.3. The Bertz CT molecular complexity index is 601. The first-order chi connectivity index (χ1) is 12.4. The van der Waals surface area contributed by atoms with Gasteiger partial charge in [-0.25, -0.2) is 4.79 Å². The minimum absolute atomic E-state index is 0.0131. The molecule has 1 aliphatic heterocycles. The van der Waals surface area contributed by atoms with Gasteiger partial charge in [0.05, 0.1) is 0 Å². The molecule has 0 aliphatic carbocycles. The molecule has 0 unspecified atom stereocenters. The summed E-state index contributed by atoms with van der Waals surface area (Å²) in [6.07, 6.45) is 0. The Morgan fingerprint density at radius 3 is 2.35 bits per heavy atom. The van der Waals surface area contributed by atoms with Crippen molar-refractivity contribution in [2.75, 3.05) is 39.3 Å². The van der Waals surface area contributed by atoms with Crippen LogP contribution < -0.4 is 15.8 Å². The van der Waals surface area contributed by atoms with Gasteiger partial charge in [-0.2, -0.15) is 0 Å². The number of carbonyl (C=O) groups excluding carboxylic acids is 2. The van der Waals surface area contributed by atoms with Crippen molar-refractivity contribution in [2.45, 2.75) is 19.9 Å². The van der Waals surface area contributed by atoms with Crippen LogP contribution in [0.5, 0.6) is 5.75 Å². The maximum absolute atomic E-state index is 12.6. The summed E-state index contributed by atoms with van der Waals surface area (Å²) in [5, 5.41) is 3.23. The van der Waals surface area contributed by atoms with Crippen LogP contribution in [0.15, 0.2) is 24.3 Å². The number of nitrogens with two attached hydrogens (primary N) is 1. The minimum atomic E-state index is -0.671. The molecule has 7 nitrogen and oxygen atoms in total. The average Bonchev–Trinajstić information content (AvgIpc) is 2.61. The van der Waals surface area contributed by atoms with E-state index in [4.69, 9.17) is 22.1 Å². The lowest BCUT2D eigenvalue weighted by Crippen LogP contribution is -2.57. The number of amides is 3. The van der Waals surface area contributed by atoms with Crippen LogP contribution in [0, 0.1) is 5.92 Å². The highest BCUT2D eigenvalue weighted by Crippen LogP contribution is 2.15. The fourth-order valence-corrected chi connectivity index (χ4v) is 3.00. The number of hydrogen-bond donors (Lipinski definition) is 2. The molecule has 0 bridgehead atoms. The number of ether oxygens (including phenoxy) is 1. The molecule has 1 aliphatic rings. The van der Waals surface area contributed by atoms with Crippen molar-refractivity contribution in [2.24, 2.45) is 11.7 Å². The van der Waals surface area contributed by atoms with Crippen LogP contribution in [0.1, 0.15) is 13.8 Å². The largest absolute Gasteiger partial charge is 0.492 e. The fraction of sp³-hybridized carbons (Fsp3) is 0.556. The predicted octanol–water partition coefficient (Wildman–Crippen LogP) is 1.56. The molecular formula is C18H27ClN4O3. The number of primary amides is 1. The van der Waals surface area contributed by atoms with E-state index in [1.54, 1.807) is 17.0 Å². The van der Waals surface area contributed by atoms with E-state index in [-0.39, 0.29) is 11.8 Å². The van der Waals surface area contributed by atoms with Crippen LogP contribution in [0.3, 0.4) is 0 Å². The molecule has 0 aromatic heterocycles. The molecule has 2 rings (SSSR count). The van der Waals surface area contributed by atoms with Crippen LogP contribution in [0.4, 0.5) is 4.79 Å². The van der Waals surface area contributed by atoms with Gasteiger partial charge in [-0.05, 0) is 30.2 Å². The lowest BCUT2D eigenvalue weighted by atomic mass is 10.0. The van der Waals surface area contributed by atoms with Crippen molar-refractivity contribution < 1.29 is 14.3 Å². The quantitative estimate of drug-likeness (QED) is 0.749. The van der Waals surface area contributed by atoms with Gasteiger partial charge in [-0.3, -0.25) is 9.69 Å². The zero-order valence-electron chi connectivity index (χ0n) is 15.3.